The lowest BCUT2D eigenvalue weighted by Crippen LogP contribution is -2.37. The molecule has 1 aliphatic heterocycles. The number of aromatic nitrogens is 2. The van der Waals surface area contributed by atoms with Crippen molar-refractivity contribution < 1.29 is 9.53 Å². The van der Waals surface area contributed by atoms with Gasteiger partial charge in [0.25, 0.3) is 5.56 Å². The Morgan fingerprint density at radius 1 is 1.56 bits per heavy atom. The Kier molecular flexibility index (Phi) is 2.97. The predicted octanol–water partition coefficient (Wildman–Crippen LogP) is -1.32. The summed E-state index contributed by atoms with van der Waals surface area (Å²) in [4.78, 5) is 22.5. The SMILES string of the molecule is NC1COCC1C(=O)Nc1ccc(=O)[nH]n1. The van der Waals surface area contributed by atoms with E-state index in [0.717, 1.165) is 0 Å². The van der Waals surface area contributed by atoms with Crippen molar-refractivity contribution >= 4 is 11.7 Å². The highest BCUT2D eigenvalue weighted by atomic mass is 16.5. The molecule has 2 unspecified atom stereocenters. The fourth-order valence-electron chi connectivity index (χ4n) is 1.47. The number of carbonyl (C=O) groups is 1. The molecule has 0 aromatic carbocycles. The van der Waals surface area contributed by atoms with Crippen LogP contribution in [-0.2, 0) is 9.53 Å². The van der Waals surface area contributed by atoms with Gasteiger partial charge in [0.05, 0.1) is 19.1 Å². The number of aromatic amines is 1. The summed E-state index contributed by atoms with van der Waals surface area (Å²) in [6.07, 6.45) is 0. The Labute approximate surface area is 91.0 Å². The molecule has 1 aromatic rings. The van der Waals surface area contributed by atoms with Crippen LogP contribution in [0, 0.1) is 5.92 Å². The fourth-order valence-corrected chi connectivity index (χ4v) is 1.47. The molecule has 7 nitrogen and oxygen atoms in total. The number of anilines is 1. The lowest BCUT2D eigenvalue weighted by Gasteiger charge is -2.12. The molecule has 0 saturated carbocycles. The number of nitrogens with one attached hydrogen (secondary N) is 2. The first-order valence-corrected chi connectivity index (χ1v) is 4.87. The van der Waals surface area contributed by atoms with Crippen molar-refractivity contribution in [1.29, 1.82) is 0 Å². The molecule has 0 aliphatic carbocycles. The van der Waals surface area contributed by atoms with Gasteiger partial charge in [-0.25, -0.2) is 5.10 Å². The molecule has 1 amide bonds. The molecule has 2 atom stereocenters. The van der Waals surface area contributed by atoms with Crippen LogP contribution in [0.2, 0.25) is 0 Å². The molecule has 16 heavy (non-hydrogen) atoms. The lowest BCUT2D eigenvalue weighted by atomic mass is 10.0. The third-order valence-electron chi connectivity index (χ3n) is 2.39. The van der Waals surface area contributed by atoms with Crippen LogP contribution in [0.1, 0.15) is 0 Å². The number of H-pyrrole nitrogens is 1. The van der Waals surface area contributed by atoms with Gasteiger partial charge >= 0.3 is 0 Å². The van der Waals surface area contributed by atoms with E-state index in [4.69, 9.17) is 10.5 Å². The molecular formula is C9H12N4O3. The third-order valence-corrected chi connectivity index (χ3v) is 2.39. The van der Waals surface area contributed by atoms with E-state index in [1.54, 1.807) is 0 Å². The molecule has 0 radical (unpaired) electrons. The average Bonchev–Trinajstić information content (AvgIpc) is 2.68. The van der Waals surface area contributed by atoms with E-state index in [1.807, 2.05) is 0 Å². The Morgan fingerprint density at radius 3 is 2.94 bits per heavy atom. The first kappa shape index (κ1) is 10.8. The second-order valence-corrected chi connectivity index (χ2v) is 3.60. The smallest absolute Gasteiger partial charge is 0.264 e. The number of hydrogen-bond acceptors (Lipinski definition) is 5. The first-order valence-electron chi connectivity index (χ1n) is 4.87. The first-order chi connectivity index (χ1) is 7.66. The second kappa shape index (κ2) is 4.42. The zero-order valence-electron chi connectivity index (χ0n) is 8.47. The van der Waals surface area contributed by atoms with Gasteiger partial charge in [-0.1, -0.05) is 0 Å². The summed E-state index contributed by atoms with van der Waals surface area (Å²) in [6, 6.07) is 2.42. The number of hydrogen-bond donors (Lipinski definition) is 3. The summed E-state index contributed by atoms with van der Waals surface area (Å²) in [6.45, 7) is 0.702. The van der Waals surface area contributed by atoms with E-state index >= 15 is 0 Å². The Balaban J connectivity index is 2.01. The molecule has 86 valence electrons. The largest absolute Gasteiger partial charge is 0.379 e. The maximum atomic E-state index is 11.7. The van der Waals surface area contributed by atoms with Crippen LogP contribution in [-0.4, -0.2) is 35.4 Å². The summed E-state index contributed by atoms with van der Waals surface area (Å²) in [5.74, 6) is -0.318. The summed E-state index contributed by atoms with van der Waals surface area (Å²) < 4.78 is 5.08. The van der Waals surface area contributed by atoms with Crippen LogP contribution < -0.4 is 16.6 Å². The van der Waals surface area contributed by atoms with Gasteiger partial charge in [-0.15, -0.1) is 0 Å². The summed E-state index contributed by atoms with van der Waals surface area (Å²) in [5.41, 5.74) is 5.37. The van der Waals surface area contributed by atoms with E-state index in [9.17, 15) is 9.59 Å². The maximum Gasteiger partial charge on any atom is 0.264 e. The van der Waals surface area contributed by atoms with E-state index in [-0.39, 0.29) is 23.4 Å². The van der Waals surface area contributed by atoms with Gasteiger partial charge in [-0.2, -0.15) is 5.10 Å². The minimum atomic E-state index is -0.367. The molecule has 1 aromatic heterocycles. The normalized spacial score (nSPS) is 24.3. The molecule has 2 rings (SSSR count). The average molecular weight is 224 g/mol. The van der Waals surface area contributed by atoms with Gasteiger partial charge in [0, 0.05) is 12.1 Å². The molecule has 0 spiro atoms. The Bertz CT molecular complexity index is 424. The van der Waals surface area contributed by atoms with Gasteiger partial charge in [0.2, 0.25) is 5.91 Å². The third kappa shape index (κ3) is 2.26. The van der Waals surface area contributed by atoms with E-state index in [2.05, 4.69) is 15.5 Å². The fraction of sp³-hybridized carbons (Fsp3) is 0.444. The maximum absolute atomic E-state index is 11.7. The van der Waals surface area contributed by atoms with Crippen LogP contribution in [0.25, 0.3) is 0 Å². The minimum absolute atomic E-state index is 0.246. The Hall–Kier alpha value is -1.73. The molecule has 1 saturated heterocycles. The van der Waals surface area contributed by atoms with Crippen LogP contribution in [0.3, 0.4) is 0 Å². The number of ether oxygens (including phenoxy) is 1. The Morgan fingerprint density at radius 2 is 2.38 bits per heavy atom. The van der Waals surface area contributed by atoms with E-state index in [1.165, 1.54) is 12.1 Å². The zero-order valence-corrected chi connectivity index (χ0v) is 8.47. The van der Waals surface area contributed by atoms with E-state index in [0.29, 0.717) is 19.0 Å². The van der Waals surface area contributed by atoms with Gasteiger partial charge in [-0.05, 0) is 6.07 Å². The van der Waals surface area contributed by atoms with Crippen LogP contribution in [0.4, 0.5) is 5.82 Å². The summed E-state index contributed by atoms with van der Waals surface area (Å²) >= 11 is 0. The topological polar surface area (TPSA) is 110 Å². The summed E-state index contributed by atoms with van der Waals surface area (Å²) in [5, 5.41) is 8.45. The van der Waals surface area contributed by atoms with Crippen molar-refractivity contribution in [2.24, 2.45) is 11.7 Å². The monoisotopic (exact) mass is 224 g/mol. The van der Waals surface area contributed by atoms with Crippen molar-refractivity contribution in [2.75, 3.05) is 18.5 Å². The number of carbonyl (C=O) groups excluding carboxylic acids is 1. The van der Waals surface area contributed by atoms with E-state index < -0.39 is 0 Å². The zero-order chi connectivity index (χ0) is 11.5. The predicted molar refractivity (Wildman–Crippen MR) is 55.8 cm³/mol. The van der Waals surface area contributed by atoms with Crippen LogP contribution in [0.15, 0.2) is 16.9 Å². The second-order valence-electron chi connectivity index (χ2n) is 3.60. The van der Waals surface area contributed by atoms with Gasteiger partial charge < -0.3 is 15.8 Å². The molecule has 7 heteroatoms. The molecule has 4 N–H and O–H groups in total. The van der Waals surface area contributed by atoms with Gasteiger partial charge in [-0.3, -0.25) is 9.59 Å². The number of nitrogens with two attached hydrogens (primary N) is 1. The van der Waals surface area contributed by atoms with Gasteiger partial charge in [0.15, 0.2) is 5.82 Å². The lowest BCUT2D eigenvalue weighted by molar-refractivity contribution is -0.120. The number of amides is 1. The van der Waals surface area contributed by atoms with Crippen LogP contribution in [0.5, 0.6) is 0 Å². The number of nitrogens with zero attached hydrogens (tertiary/aromatic N) is 1. The molecular weight excluding hydrogens is 212 g/mol. The van der Waals surface area contributed by atoms with Crippen LogP contribution >= 0.6 is 0 Å². The van der Waals surface area contributed by atoms with Crippen molar-refractivity contribution in [2.45, 2.75) is 6.04 Å². The number of rotatable bonds is 2. The van der Waals surface area contributed by atoms with Crippen molar-refractivity contribution in [3.05, 3.63) is 22.5 Å². The van der Waals surface area contributed by atoms with Gasteiger partial charge in [0.1, 0.15) is 0 Å². The highest BCUT2D eigenvalue weighted by Crippen LogP contribution is 2.13. The minimum Gasteiger partial charge on any atom is -0.379 e. The highest BCUT2D eigenvalue weighted by Gasteiger charge is 2.31. The quantitative estimate of drug-likeness (QED) is 0.577. The van der Waals surface area contributed by atoms with Crippen molar-refractivity contribution in [3.8, 4) is 0 Å². The summed E-state index contributed by atoms with van der Waals surface area (Å²) in [7, 11) is 0. The molecule has 0 bridgehead atoms. The molecule has 2 heterocycles. The highest BCUT2D eigenvalue weighted by molar-refractivity contribution is 5.92. The van der Waals surface area contributed by atoms with Crippen molar-refractivity contribution in [3.63, 3.8) is 0 Å². The molecule has 1 fully saturated rings. The van der Waals surface area contributed by atoms with Crippen molar-refractivity contribution in [1.82, 2.24) is 10.2 Å². The standard InChI is InChI=1S/C9H12N4O3/c10-6-4-16-3-5(6)9(15)11-7-1-2-8(14)13-12-7/h1-2,5-6H,3-4,10H2,(H,13,14)(H,11,12,15). The molecule has 1 aliphatic rings.